The van der Waals surface area contributed by atoms with Crippen LogP contribution in [0.15, 0.2) is 46.9 Å². The number of hydrogen-bond acceptors (Lipinski definition) is 4. The van der Waals surface area contributed by atoms with E-state index in [0.29, 0.717) is 30.3 Å². The molecule has 0 spiro atoms. The lowest BCUT2D eigenvalue weighted by atomic mass is 10.1. The van der Waals surface area contributed by atoms with Gasteiger partial charge < -0.3 is 14.2 Å². The first-order valence-electron chi connectivity index (χ1n) is 7.13. The molecule has 0 bridgehead atoms. The number of methoxy groups -OCH3 is 1. The number of halogens is 1. The molecule has 0 saturated carbocycles. The third-order valence-corrected chi connectivity index (χ3v) is 4.05. The number of allylic oxidation sites excluding steroid dienone is 1. The summed E-state index contributed by atoms with van der Waals surface area (Å²) in [5.41, 5.74) is 1.47. The van der Waals surface area contributed by atoms with E-state index in [1.165, 1.54) is 0 Å². The molecule has 0 fully saturated rings. The smallest absolute Gasteiger partial charge is 0.185 e. The fraction of sp³-hybridized carbons (Fsp3) is 0.167. The van der Waals surface area contributed by atoms with Gasteiger partial charge in [0, 0.05) is 5.56 Å². The second-order valence-corrected chi connectivity index (χ2v) is 5.80. The van der Waals surface area contributed by atoms with Gasteiger partial charge in [0.2, 0.25) is 0 Å². The third-order valence-electron chi connectivity index (χ3n) is 3.43. The van der Waals surface area contributed by atoms with Crippen LogP contribution in [0.3, 0.4) is 0 Å². The summed E-state index contributed by atoms with van der Waals surface area (Å²) in [6.07, 6.45) is 3.30. The Morgan fingerprint density at radius 3 is 2.65 bits per heavy atom. The van der Waals surface area contributed by atoms with Crippen LogP contribution >= 0.6 is 15.9 Å². The molecule has 23 heavy (non-hydrogen) atoms. The van der Waals surface area contributed by atoms with E-state index in [1.54, 1.807) is 37.5 Å². The van der Waals surface area contributed by atoms with Gasteiger partial charge in [-0.3, -0.25) is 4.79 Å². The van der Waals surface area contributed by atoms with Crippen LogP contribution in [0.25, 0.3) is 6.08 Å². The summed E-state index contributed by atoms with van der Waals surface area (Å²) in [5, 5.41) is 0. The van der Waals surface area contributed by atoms with Crippen LogP contribution < -0.4 is 14.2 Å². The summed E-state index contributed by atoms with van der Waals surface area (Å²) in [5.74, 6) is 2.05. The van der Waals surface area contributed by atoms with Crippen molar-refractivity contribution in [2.45, 2.75) is 0 Å². The second kappa shape index (κ2) is 6.87. The molecule has 4 nitrogen and oxygen atoms in total. The van der Waals surface area contributed by atoms with Gasteiger partial charge in [-0.1, -0.05) is 12.1 Å². The lowest BCUT2D eigenvalue weighted by Gasteiger charge is -2.18. The Hall–Kier alpha value is -2.27. The molecule has 2 aromatic rings. The maximum Gasteiger partial charge on any atom is 0.185 e. The SMILES string of the molecule is COc1ccc(C(=O)/C=C/c2ccc3c(c2)OCCO3)cc1Br. The zero-order valence-electron chi connectivity index (χ0n) is 12.5. The average Bonchev–Trinajstić information content (AvgIpc) is 2.59. The minimum atomic E-state index is -0.0803. The maximum atomic E-state index is 12.3. The fourth-order valence-corrected chi connectivity index (χ4v) is 2.79. The minimum absolute atomic E-state index is 0.0803. The van der Waals surface area contributed by atoms with Gasteiger partial charge in [-0.2, -0.15) is 0 Å². The standard InChI is InChI=1S/C18H15BrO4/c1-21-16-7-4-13(11-14(16)19)15(20)5-2-12-3-6-17-18(10-12)23-9-8-22-17/h2-7,10-11H,8-9H2,1H3/b5-2+. The Morgan fingerprint density at radius 2 is 1.91 bits per heavy atom. The Morgan fingerprint density at radius 1 is 1.13 bits per heavy atom. The molecule has 3 rings (SSSR count). The van der Waals surface area contributed by atoms with E-state index in [9.17, 15) is 4.79 Å². The highest BCUT2D eigenvalue weighted by Gasteiger charge is 2.11. The predicted octanol–water partition coefficient (Wildman–Crippen LogP) is 4.13. The topological polar surface area (TPSA) is 44.8 Å². The van der Waals surface area contributed by atoms with Crippen LogP contribution in [0.5, 0.6) is 17.2 Å². The molecule has 2 aromatic carbocycles. The number of fused-ring (bicyclic) bond motifs is 1. The maximum absolute atomic E-state index is 12.3. The molecule has 1 aliphatic heterocycles. The van der Waals surface area contributed by atoms with Gasteiger partial charge in [-0.15, -0.1) is 0 Å². The third kappa shape index (κ3) is 3.56. The Bertz CT molecular complexity index is 768. The number of carbonyl (C=O) groups excluding carboxylic acids is 1. The van der Waals surface area contributed by atoms with Crippen LogP contribution in [-0.4, -0.2) is 26.1 Å². The van der Waals surface area contributed by atoms with Gasteiger partial charge in [0.05, 0.1) is 11.6 Å². The van der Waals surface area contributed by atoms with Crippen LogP contribution in [0.4, 0.5) is 0 Å². The molecule has 0 saturated heterocycles. The molecule has 0 radical (unpaired) electrons. The molecule has 0 aromatic heterocycles. The van der Waals surface area contributed by atoms with Crippen LogP contribution in [0.1, 0.15) is 15.9 Å². The monoisotopic (exact) mass is 374 g/mol. The molecular weight excluding hydrogens is 360 g/mol. The number of ether oxygens (including phenoxy) is 3. The second-order valence-electron chi connectivity index (χ2n) is 4.95. The van der Waals surface area contributed by atoms with Crippen molar-refractivity contribution in [3.05, 3.63) is 58.1 Å². The first-order chi connectivity index (χ1) is 11.2. The van der Waals surface area contributed by atoms with E-state index in [2.05, 4.69) is 15.9 Å². The largest absolute Gasteiger partial charge is 0.496 e. The van der Waals surface area contributed by atoms with Gasteiger partial charge in [-0.05, 0) is 57.9 Å². The minimum Gasteiger partial charge on any atom is -0.496 e. The molecule has 0 aliphatic carbocycles. The van der Waals surface area contributed by atoms with E-state index in [0.717, 1.165) is 15.8 Å². The first-order valence-corrected chi connectivity index (χ1v) is 7.92. The lowest BCUT2D eigenvalue weighted by Crippen LogP contribution is -2.15. The van der Waals surface area contributed by atoms with E-state index >= 15 is 0 Å². The number of benzene rings is 2. The Balaban J connectivity index is 1.77. The zero-order valence-corrected chi connectivity index (χ0v) is 14.1. The van der Waals surface area contributed by atoms with Crippen LogP contribution in [0.2, 0.25) is 0 Å². The van der Waals surface area contributed by atoms with Crippen molar-refractivity contribution in [1.82, 2.24) is 0 Å². The Kier molecular flexibility index (Phi) is 4.67. The summed E-state index contributed by atoms with van der Waals surface area (Å²) < 4.78 is 16.9. The van der Waals surface area contributed by atoms with Crippen molar-refractivity contribution in [3.8, 4) is 17.2 Å². The van der Waals surface area contributed by atoms with Crippen molar-refractivity contribution in [2.75, 3.05) is 20.3 Å². The number of rotatable bonds is 4. The number of carbonyl (C=O) groups is 1. The van der Waals surface area contributed by atoms with Crippen molar-refractivity contribution < 1.29 is 19.0 Å². The fourth-order valence-electron chi connectivity index (χ4n) is 2.25. The number of ketones is 1. The van der Waals surface area contributed by atoms with Crippen LogP contribution in [0, 0.1) is 0 Å². The molecule has 0 amide bonds. The van der Waals surface area contributed by atoms with Gasteiger partial charge in [-0.25, -0.2) is 0 Å². The van der Waals surface area contributed by atoms with Gasteiger partial charge in [0.25, 0.3) is 0 Å². The van der Waals surface area contributed by atoms with Crippen molar-refractivity contribution in [2.24, 2.45) is 0 Å². The molecule has 118 valence electrons. The summed E-state index contributed by atoms with van der Waals surface area (Å²) in [6.45, 7) is 1.10. The van der Waals surface area contributed by atoms with Gasteiger partial charge in [0.15, 0.2) is 17.3 Å². The zero-order chi connectivity index (χ0) is 16.2. The molecule has 1 aliphatic rings. The Labute approximate surface area is 142 Å². The molecular formula is C18H15BrO4. The molecule has 5 heteroatoms. The van der Waals surface area contributed by atoms with E-state index in [1.807, 2.05) is 18.2 Å². The number of hydrogen-bond donors (Lipinski definition) is 0. The molecule has 0 unspecified atom stereocenters. The van der Waals surface area contributed by atoms with Crippen molar-refractivity contribution in [3.63, 3.8) is 0 Å². The molecule has 0 atom stereocenters. The van der Waals surface area contributed by atoms with Gasteiger partial charge in [0.1, 0.15) is 19.0 Å². The summed E-state index contributed by atoms with van der Waals surface area (Å²) in [4.78, 5) is 12.3. The highest BCUT2D eigenvalue weighted by Crippen LogP contribution is 2.31. The highest BCUT2D eigenvalue weighted by atomic mass is 79.9. The highest BCUT2D eigenvalue weighted by molar-refractivity contribution is 9.10. The van der Waals surface area contributed by atoms with Crippen molar-refractivity contribution in [1.29, 1.82) is 0 Å². The predicted molar refractivity (Wildman–Crippen MR) is 91.5 cm³/mol. The lowest BCUT2D eigenvalue weighted by molar-refractivity contribution is 0.104. The summed E-state index contributed by atoms with van der Waals surface area (Å²) in [6, 6.07) is 10.8. The quantitative estimate of drug-likeness (QED) is 0.596. The normalized spacial score (nSPS) is 13.1. The molecule has 0 N–H and O–H groups in total. The van der Waals surface area contributed by atoms with E-state index in [4.69, 9.17) is 14.2 Å². The van der Waals surface area contributed by atoms with E-state index < -0.39 is 0 Å². The van der Waals surface area contributed by atoms with Gasteiger partial charge >= 0.3 is 0 Å². The average molecular weight is 375 g/mol. The van der Waals surface area contributed by atoms with Crippen LogP contribution in [-0.2, 0) is 0 Å². The van der Waals surface area contributed by atoms with E-state index in [-0.39, 0.29) is 5.78 Å². The summed E-state index contributed by atoms with van der Waals surface area (Å²) in [7, 11) is 1.59. The first kappa shape index (κ1) is 15.6. The molecule has 1 heterocycles. The summed E-state index contributed by atoms with van der Waals surface area (Å²) >= 11 is 3.38. The van der Waals surface area contributed by atoms with Crippen molar-refractivity contribution >= 4 is 27.8 Å².